The SMILES string of the molecule is OCCOc1ccc(-c2ccc(O)c(F)c2)cc1OCCO. The summed E-state index contributed by atoms with van der Waals surface area (Å²) in [4.78, 5) is 0. The first kappa shape index (κ1) is 16.1. The highest BCUT2D eigenvalue weighted by molar-refractivity contribution is 5.68. The van der Waals surface area contributed by atoms with Gasteiger partial charge >= 0.3 is 0 Å². The first-order valence-electron chi connectivity index (χ1n) is 6.76. The first-order chi connectivity index (χ1) is 10.7. The van der Waals surface area contributed by atoms with Crippen LogP contribution >= 0.6 is 0 Å². The smallest absolute Gasteiger partial charge is 0.165 e. The Labute approximate surface area is 127 Å². The van der Waals surface area contributed by atoms with Crippen LogP contribution in [0.15, 0.2) is 36.4 Å². The number of aliphatic hydroxyl groups excluding tert-OH is 2. The molecule has 22 heavy (non-hydrogen) atoms. The van der Waals surface area contributed by atoms with E-state index >= 15 is 0 Å². The van der Waals surface area contributed by atoms with E-state index < -0.39 is 11.6 Å². The van der Waals surface area contributed by atoms with Crippen LogP contribution in [0.2, 0.25) is 0 Å². The number of halogens is 1. The summed E-state index contributed by atoms with van der Waals surface area (Å²) < 4.78 is 24.2. The molecule has 0 spiro atoms. The molecule has 0 heterocycles. The Morgan fingerprint density at radius 3 is 2.05 bits per heavy atom. The van der Waals surface area contributed by atoms with E-state index in [1.807, 2.05) is 0 Å². The van der Waals surface area contributed by atoms with Gasteiger partial charge in [-0.15, -0.1) is 0 Å². The van der Waals surface area contributed by atoms with Crippen molar-refractivity contribution in [3.05, 3.63) is 42.2 Å². The minimum Gasteiger partial charge on any atom is -0.505 e. The van der Waals surface area contributed by atoms with Crippen LogP contribution in [0.25, 0.3) is 11.1 Å². The van der Waals surface area contributed by atoms with Crippen molar-refractivity contribution in [3.8, 4) is 28.4 Å². The highest BCUT2D eigenvalue weighted by atomic mass is 19.1. The van der Waals surface area contributed by atoms with Crippen LogP contribution in [0.1, 0.15) is 0 Å². The number of phenolic OH excluding ortho intramolecular Hbond substituents is 1. The molecule has 0 bridgehead atoms. The highest BCUT2D eigenvalue weighted by Crippen LogP contribution is 2.34. The Morgan fingerprint density at radius 2 is 1.41 bits per heavy atom. The number of aliphatic hydroxyl groups is 2. The van der Waals surface area contributed by atoms with Crippen molar-refractivity contribution < 1.29 is 29.2 Å². The molecule has 0 radical (unpaired) electrons. The molecular weight excluding hydrogens is 291 g/mol. The van der Waals surface area contributed by atoms with Gasteiger partial charge in [-0.1, -0.05) is 12.1 Å². The van der Waals surface area contributed by atoms with Crippen molar-refractivity contribution in [1.29, 1.82) is 0 Å². The molecule has 0 aliphatic carbocycles. The van der Waals surface area contributed by atoms with Gasteiger partial charge in [-0.2, -0.15) is 0 Å². The third kappa shape index (κ3) is 3.87. The van der Waals surface area contributed by atoms with E-state index in [1.54, 1.807) is 24.3 Å². The van der Waals surface area contributed by atoms with Crippen LogP contribution in [0, 0.1) is 5.82 Å². The molecule has 0 atom stereocenters. The molecule has 5 nitrogen and oxygen atoms in total. The maximum absolute atomic E-state index is 13.4. The standard InChI is InChI=1S/C16H17FO5/c17-13-9-11(1-3-14(13)20)12-2-4-15(21-7-5-18)16(10-12)22-8-6-19/h1-4,9-10,18-20H,5-8H2. The van der Waals surface area contributed by atoms with Crippen molar-refractivity contribution >= 4 is 0 Å². The lowest BCUT2D eigenvalue weighted by molar-refractivity contribution is 0.178. The van der Waals surface area contributed by atoms with Gasteiger partial charge in [-0.05, 0) is 35.4 Å². The van der Waals surface area contributed by atoms with Crippen LogP contribution < -0.4 is 9.47 Å². The van der Waals surface area contributed by atoms with Crippen LogP contribution in [-0.4, -0.2) is 41.7 Å². The average Bonchev–Trinajstić information content (AvgIpc) is 2.54. The molecule has 2 aromatic carbocycles. The minimum absolute atomic E-state index is 0.0862. The first-order valence-corrected chi connectivity index (χ1v) is 6.76. The van der Waals surface area contributed by atoms with Crippen LogP contribution in [0.3, 0.4) is 0 Å². The van der Waals surface area contributed by atoms with E-state index in [0.29, 0.717) is 22.6 Å². The lowest BCUT2D eigenvalue weighted by atomic mass is 10.0. The summed E-state index contributed by atoms with van der Waals surface area (Å²) in [5.41, 5.74) is 1.24. The van der Waals surface area contributed by atoms with Crippen LogP contribution in [-0.2, 0) is 0 Å². The Balaban J connectivity index is 2.33. The Kier molecular flexibility index (Phi) is 5.57. The van der Waals surface area contributed by atoms with Gasteiger partial charge in [-0.25, -0.2) is 4.39 Å². The fourth-order valence-electron chi connectivity index (χ4n) is 1.92. The van der Waals surface area contributed by atoms with Crippen molar-refractivity contribution in [2.24, 2.45) is 0 Å². The van der Waals surface area contributed by atoms with Crippen molar-refractivity contribution in [2.45, 2.75) is 0 Å². The monoisotopic (exact) mass is 308 g/mol. The second kappa shape index (κ2) is 7.63. The molecular formula is C16H17FO5. The molecule has 0 saturated heterocycles. The number of hydrogen-bond acceptors (Lipinski definition) is 5. The van der Waals surface area contributed by atoms with Gasteiger partial charge < -0.3 is 24.8 Å². The zero-order valence-corrected chi connectivity index (χ0v) is 11.8. The molecule has 0 aliphatic heterocycles. The summed E-state index contributed by atoms with van der Waals surface area (Å²) in [6, 6.07) is 9.07. The largest absolute Gasteiger partial charge is 0.505 e. The van der Waals surface area contributed by atoms with E-state index in [0.717, 1.165) is 0 Å². The lowest BCUT2D eigenvalue weighted by Crippen LogP contribution is -2.06. The van der Waals surface area contributed by atoms with Gasteiger partial charge in [-0.3, -0.25) is 0 Å². The molecule has 2 rings (SSSR count). The number of aromatic hydroxyl groups is 1. The number of benzene rings is 2. The molecule has 118 valence electrons. The summed E-state index contributed by atoms with van der Waals surface area (Å²) in [6.07, 6.45) is 0. The third-order valence-corrected chi connectivity index (χ3v) is 2.92. The van der Waals surface area contributed by atoms with E-state index in [9.17, 15) is 9.50 Å². The van der Waals surface area contributed by atoms with Crippen molar-refractivity contribution in [3.63, 3.8) is 0 Å². The van der Waals surface area contributed by atoms with Gasteiger partial charge in [0.15, 0.2) is 23.1 Å². The Hall–Kier alpha value is -2.31. The second-order valence-electron chi connectivity index (χ2n) is 4.47. The van der Waals surface area contributed by atoms with Crippen LogP contribution in [0.4, 0.5) is 4.39 Å². The molecule has 0 aromatic heterocycles. The van der Waals surface area contributed by atoms with E-state index in [1.165, 1.54) is 12.1 Å². The van der Waals surface area contributed by atoms with Gasteiger partial charge in [0.2, 0.25) is 0 Å². The van der Waals surface area contributed by atoms with Crippen molar-refractivity contribution in [2.75, 3.05) is 26.4 Å². The summed E-state index contributed by atoms with van der Waals surface area (Å²) >= 11 is 0. The quantitative estimate of drug-likeness (QED) is 0.728. The maximum Gasteiger partial charge on any atom is 0.165 e. The number of rotatable bonds is 7. The highest BCUT2D eigenvalue weighted by Gasteiger charge is 2.10. The molecule has 6 heteroatoms. The fourth-order valence-corrected chi connectivity index (χ4v) is 1.92. The molecule has 0 unspecified atom stereocenters. The summed E-state index contributed by atoms with van der Waals surface area (Å²) in [5, 5.41) is 26.9. The van der Waals surface area contributed by atoms with Crippen LogP contribution in [0.5, 0.6) is 17.2 Å². The zero-order chi connectivity index (χ0) is 15.9. The minimum atomic E-state index is -0.712. The fraction of sp³-hybridized carbons (Fsp3) is 0.250. The average molecular weight is 308 g/mol. The Bertz CT molecular complexity index is 630. The van der Waals surface area contributed by atoms with Gasteiger partial charge in [0, 0.05) is 0 Å². The van der Waals surface area contributed by atoms with Crippen molar-refractivity contribution in [1.82, 2.24) is 0 Å². The zero-order valence-electron chi connectivity index (χ0n) is 11.8. The molecule has 0 saturated carbocycles. The number of hydrogen-bond donors (Lipinski definition) is 3. The second-order valence-corrected chi connectivity index (χ2v) is 4.47. The van der Waals surface area contributed by atoms with E-state index in [-0.39, 0.29) is 26.4 Å². The van der Waals surface area contributed by atoms with Gasteiger partial charge in [0.1, 0.15) is 13.2 Å². The number of phenols is 1. The molecule has 0 amide bonds. The lowest BCUT2D eigenvalue weighted by Gasteiger charge is -2.13. The normalized spacial score (nSPS) is 10.5. The summed E-state index contributed by atoms with van der Waals surface area (Å²) in [5.74, 6) is -0.321. The molecule has 3 N–H and O–H groups in total. The van der Waals surface area contributed by atoms with E-state index in [4.69, 9.17) is 19.7 Å². The summed E-state index contributed by atoms with van der Waals surface area (Å²) in [7, 11) is 0. The van der Waals surface area contributed by atoms with Gasteiger partial charge in [0.05, 0.1) is 13.2 Å². The molecule has 2 aromatic rings. The molecule has 0 fully saturated rings. The molecule has 0 aliphatic rings. The van der Waals surface area contributed by atoms with Gasteiger partial charge in [0.25, 0.3) is 0 Å². The maximum atomic E-state index is 13.4. The predicted octanol–water partition coefficient (Wildman–Crippen LogP) is 1.94. The summed E-state index contributed by atoms with van der Waals surface area (Å²) in [6.45, 7) is -0.0899. The Morgan fingerprint density at radius 1 is 0.818 bits per heavy atom. The van der Waals surface area contributed by atoms with E-state index in [2.05, 4.69) is 0 Å². The predicted molar refractivity (Wildman–Crippen MR) is 78.7 cm³/mol. The number of ether oxygens (including phenoxy) is 2. The topological polar surface area (TPSA) is 79.2 Å². The third-order valence-electron chi connectivity index (χ3n) is 2.92.